The molecule has 1 amide bonds. The molecular weight excluding hydrogens is 314 g/mol. The van der Waals surface area contributed by atoms with Crippen molar-refractivity contribution in [3.05, 3.63) is 35.3 Å². The molecule has 0 atom stereocenters. The summed E-state index contributed by atoms with van der Waals surface area (Å²) in [5.74, 6) is 0.0779. The van der Waals surface area contributed by atoms with Gasteiger partial charge in [0.15, 0.2) is 0 Å². The number of methoxy groups -OCH3 is 1. The number of aromatic amines is 1. The van der Waals surface area contributed by atoms with E-state index in [0.29, 0.717) is 33.7 Å². The molecule has 3 aromatic rings. The minimum absolute atomic E-state index is 0.138. The molecule has 0 unspecified atom stereocenters. The van der Waals surface area contributed by atoms with E-state index in [0.717, 1.165) is 0 Å². The van der Waals surface area contributed by atoms with Crippen LogP contribution in [0.4, 0.5) is 10.7 Å². The smallest absolute Gasteiger partial charge is 0.413 e. The standard InChI is InChI=1S/C16H15N3O5/c1-7-12(13(14(20)21)8(2)24-7)9-4-5-10-11(6-9)18-15(17-10)19-16(22)23-3/h4-6H,1-3H3,(H,20,21)(H2,17,18,19,22). The summed E-state index contributed by atoms with van der Waals surface area (Å²) in [6, 6.07) is 5.25. The largest absolute Gasteiger partial charge is 0.478 e. The van der Waals surface area contributed by atoms with Gasteiger partial charge in [-0.1, -0.05) is 6.07 Å². The number of benzene rings is 1. The van der Waals surface area contributed by atoms with E-state index in [-0.39, 0.29) is 11.5 Å². The summed E-state index contributed by atoms with van der Waals surface area (Å²) >= 11 is 0. The molecule has 0 bridgehead atoms. The van der Waals surface area contributed by atoms with Gasteiger partial charge in [-0.05, 0) is 31.5 Å². The quantitative estimate of drug-likeness (QED) is 0.678. The van der Waals surface area contributed by atoms with Gasteiger partial charge in [0, 0.05) is 5.56 Å². The summed E-state index contributed by atoms with van der Waals surface area (Å²) < 4.78 is 9.98. The molecule has 24 heavy (non-hydrogen) atoms. The van der Waals surface area contributed by atoms with E-state index < -0.39 is 12.1 Å². The lowest BCUT2D eigenvalue weighted by atomic mass is 10.00. The third-order valence-electron chi connectivity index (χ3n) is 3.65. The molecule has 0 aliphatic carbocycles. The van der Waals surface area contributed by atoms with Gasteiger partial charge in [-0.25, -0.2) is 14.6 Å². The fraction of sp³-hybridized carbons (Fsp3) is 0.188. The number of carboxylic acid groups (broad SMARTS) is 1. The Morgan fingerprint density at radius 1 is 1.29 bits per heavy atom. The summed E-state index contributed by atoms with van der Waals surface area (Å²) in [5.41, 5.74) is 2.62. The summed E-state index contributed by atoms with van der Waals surface area (Å²) in [6.07, 6.45) is -0.635. The number of hydrogen-bond acceptors (Lipinski definition) is 5. The second kappa shape index (κ2) is 5.73. The van der Waals surface area contributed by atoms with Crippen molar-refractivity contribution in [2.75, 3.05) is 12.4 Å². The lowest BCUT2D eigenvalue weighted by molar-refractivity contribution is 0.0695. The number of aromatic carboxylic acids is 1. The van der Waals surface area contributed by atoms with Gasteiger partial charge >= 0.3 is 12.1 Å². The van der Waals surface area contributed by atoms with Crippen LogP contribution < -0.4 is 5.32 Å². The van der Waals surface area contributed by atoms with Gasteiger partial charge in [-0.3, -0.25) is 5.32 Å². The van der Waals surface area contributed by atoms with Crippen LogP contribution in [0.3, 0.4) is 0 Å². The van der Waals surface area contributed by atoms with Crippen LogP contribution >= 0.6 is 0 Å². The number of furan rings is 1. The highest BCUT2D eigenvalue weighted by Crippen LogP contribution is 2.33. The Labute approximate surface area is 136 Å². The van der Waals surface area contributed by atoms with E-state index in [9.17, 15) is 14.7 Å². The molecule has 2 aromatic heterocycles. The topological polar surface area (TPSA) is 117 Å². The van der Waals surface area contributed by atoms with E-state index in [1.165, 1.54) is 7.11 Å². The number of aromatic nitrogens is 2. The number of nitrogens with one attached hydrogen (secondary N) is 2. The van der Waals surface area contributed by atoms with Gasteiger partial charge in [0.1, 0.15) is 17.1 Å². The molecule has 0 spiro atoms. The molecule has 1 aromatic carbocycles. The van der Waals surface area contributed by atoms with Crippen LogP contribution in [0.1, 0.15) is 21.9 Å². The first kappa shape index (κ1) is 15.6. The maximum Gasteiger partial charge on any atom is 0.413 e. The van der Waals surface area contributed by atoms with Gasteiger partial charge in [-0.2, -0.15) is 0 Å². The number of carboxylic acids is 1. The number of H-pyrrole nitrogens is 1. The van der Waals surface area contributed by atoms with Crippen LogP contribution in [0.5, 0.6) is 0 Å². The van der Waals surface area contributed by atoms with Gasteiger partial charge in [-0.15, -0.1) is 0 Å². The van der Waals surface area contributed by atoms with Crippen molar-refractivity contribution >= 4 is 29.0 Å². The van der Waals surface area contributed by atoms with Gasteiger partial charge in [0.25, 0.3) is 0 Å². The highest BCUT2D eigenvalue weighted by molar-refractivity contribution is 5.99. The SMILES string of the molecule is COC(=O)Nc1nc2ccc(-c3c(C)oc(C)c3C(=O)O)cc2[nH]1. The second-order valence-corrected chi connectivity index (χ2v) is 5.20. The lowest BCUT2D eigenvalue weighted by Crippen LogP contribution is -2.11. The molecule has 8 nitrogen and oxygen atoms in total. The molecule has 124 valence electrons. The number of hydrogen-bond donors (Lipinski definition) is 3. The first-order chi connectivity index (χ1) is 11.4. The Morgan fingerprint density at radius 3 is 2.71 bits per heavy atom. The summed E-state index contributed by atoms with van der Waals surface area (Å²) in [4.78, 5) is 29.9. The predicted molar refractivity (Wildman–Crippen MR) is 86.3 cm³/mol. The Bertz CT molecular complexity index is 954. The number of carbonyl (C=O) groups is 2. The van der Waals surface area contributed by atoms with E-state index in [1.54, 1.807) is 32.0 Å². The average Bonchev–Trinajstić information content (AvgIpc) is 3.05. The molecule has 0 aliphatic rings. The minimum Gasteiger partial charge on any atom is -0.478 e. The van der Waals surface area contributed by atoms with Crippen LogP contribution in [0.25, 0.3) is 22.2 Å². The zero-order valence-electron chi connectivity index (χ0n) is 13.3. The molecule has 2 heterocycles. The van der Waals surface area contributed by atoms with Crippen molar-refractivity contribution < 1.29 is 23.8 Å². The highest BCUT2D eigenvalue weighted by Gasteiger charge is 2.22. The number of anilines is 1. The zero-order chi connectivity index (χ0) is 17.4. The fourth-order valence-corrected chi connectivity index (χ4v) is 2.66. The molecule has 0 saturated carbocycles. The Kier molecular flexibility index (Phi) is 3.72. The molecule has 0 fully saturated rings. The van der Waals surface area contributed by atoms with Crippen molar-refractivity contribution in [1.29, 1.82) is 0 Å². The first-order valence-electron chi connectivity index (χ1n) is 7.09. The average molecular weight is 329 g/mol. The second-order valence-electron chi connectivity index (χ2n) is 5.20. The van der Waals surface area contributed by atoms with Crippen molar-refractivity contribution in [1.82, 2.24) is 9.97 Å². The molecule has 3 rings (SSSR count). The molecule has 3 N–H and O–H groups in total. The van der Waals surface area contributed by atoms with Crippen molar-refractivity contribution in [3.63, 3.8) is 0 Å². The number of nitrogens with zero attached hydrogens (tertiary/aromatic N) is 1. The third-order valence-corrected chi connectivity index (χ3v) is 3.65. The zero-order valence-corrected chi connectivity index (χ0v) is 13.3. The van der Waals surface area contributed by atoms with Gasteiger partial charge < -0.3 is 19.2 Å². The minimum atomic E-state index is -1.04. The maximum absolute atomic E-state index is 11.5. The predicted octanol–water partition coefficient (Wildman–Crippen LogP) is 3.32. The van der Waals surface area contributed by atoms with Crippen LogP contribution in [0.2, 0.25) is 0 Å². The fourth-order valence-electron chi connectivity index (χ4n) is 2.66. The van der Waals surface area contributed by atoms with Crippen molar-refractivity contribution in [2.45, 2.75) is 13.8 Å². The lowest BCUT2D eigenvalue weighted by Gasteiger charge is -2.02. The molecule has 8 heteroatoms. The number of fused-ring (bicyclic) bond motifs is 1. The Morgan fingerprint density at radius 2 is 2.04 bits per heavy atom. The van der Waals surface area contributed by atoms with Gasteiger partial charge in [0.05, 0.1) is 18.1 Å². The highest BCUT2D eigenvalue weighted by atomic mass is 16.5. The van der Waals surface area contributed by atoms with Crippen LogP contribution in [0, 0.1) is 13.8 Å². The number of carbonyl (C=O) groups excluding carboxylic acids is 1. The van der Waals surface area contributed by atoms with Crippen LogP contribution in [-0.2, 0) is 4.74 Å². The molecule has 0 radical (unpaired) electrons. The number of aryl methyl sites for hydroxylation is 2. The molecule has 0 saturated heterocycles. The first-order valence-corrected chi connectivity index (χ1v) is 7.09. The molecular formula is C16H15N3O5. The number of rotatable bonds is 3. The van der Waals surface area contributed by atoms with Crippen molar-refractivity contribution in [3.8, 4) is 11.1 Å². The van der Waals surface area contributed by atoms with Crippen LogP contribution in [-0.4, -0.2) is 34.2 Å². The van der Waals surface area contributed by atoms with E-state index >= 15 is 0 Å². The summed E-state index contributed by atoms with van der Waals surface area (Å²) in [5, 5.41) is 11.9. The van der Waals surface area contributed by atoms with Crippen molar-refractivity contribution in [2.24, 2.45) is 0 Å². The summed E-state index contributed by atoms with van der Waals surface area (Å²) in [7, 11) is 1.26. The maximum atomic E-state index is 11.5. The Balaban J connectivity index is 2.09. The van der Waals surface area contributed by atoms with E-state index in [4.69, 9.17) is 4.42 Å². The normalized spacial score (nSPS) is 10.8. The summed E-state index contributed by atoms with van der Waals surface area (Å²) in [6.45, 7) is 3.34. The van der Waals surface area contributed by atoms with Crippen LogP contribution in [0.15, 0.2) is 22.6 Å². The van der Waals surface area contributed by atoms with E-state index in [2.05, 4.69) is 20.0 Å². The number of amides is 1. The third kappa shape index (κ3) is 2.58. The van der Waals surface area contributed by atoms with Gasteiger partial charge in [0.2, 0.25) is 5.95 Å². The number of imidazole rings is 1. The Hall–Kier alpha value is -3.29. The monoisotopic (exact) mass is 329 g/mol. The molecule has 0 aliphatic heterocycles. The van der Waals surface area contributed by atoms with E-state index in [1.807, 2.05) is 0 Å². The number of ether oxygens (including phenoxy) is 1.